The number of hydrogen-bond acceptors (Lipinski definition) is 6. The summed E-state index contributed by atoms with van der Waals surface area (Å²) < 4.78 is 5.83. The molecule has 0 atom stereocenters. The number of amidine groups is 1. The van der Waals surface area contributed by atoms with Gasteiger partial charge in [0.2, 0.25) is 5.91 Å². The third kappa shape index (κ3) is 10.3. The quantitative estimate of drug-likeness (QED) is 0.101. The third-order valence-corrected chi connectivity index (χ3v) is 5.02. The second-order valence-corrected chi connectivity index (χ2v) is 7.72. The van der Waals surface area contributed by atoms with Crippen molar-refractivity contribution in [1.82, 2.24) is 10.3 Å². The van der Waals surface area contributed by atoms with Gasteiger partial charge < -0.3 is 26.6 Å². The molecule has 1 amide bonds. The average molecular weight is 530 g/mol. The van der Waals surface area contributed by atoms with Crippen LogP contribution in [0.5, 0.6) is 11.5 Å². The van der Waals surface area contributed by atoms with Gasteiger partial charge in [0.15, 0.2) is 0 Å². The molecule has 0 aliphatic carbocycles. The lowest BCUT2D eigenvalue weighted by Gasteiger charge is -2.16. The van der Waals surface area contributed by atoms with Crippen LogP contribution in [0.4, 0.5) is 5.69 Å². The first-order chi connectivity index (χ1) is 18.8. The summed E-state index contributed by atoms with van der Waals surface area (Å²) >= 11 is 0. The van der Waals surface area contributed by atoms with Crippen LogP contribution in [0.25, 0.3) is 11.3 Å². The molecule has 8 nitrogen and oxygen atoms in total. The van der Waals surface area contributed by atoms with Crippen molar-refractivity contribution < 1.29 is 14.6 Å². The molecule has 0 bridgehead atoms. The van der Waals surface area contributed by atoms with Crippen LogP contribution < -0.4 is 21.5 Å². The molecule has 3 aromatic rings. The molecular formula is C31H39N5O3. The number of aromatic nitrogens is 1. The van der Waals surface area contributed by atoms with Gasteiger partial charge in [0.1, 0.15) is 17.3 Å². The van der Waals surface area contributed by atoms with Crippen LogP contribution in [0, 0.1) is 5.41 Å². The van der Waals surface area contributed by atoms with E-state index in [-0.39, 0.29) is 24.3 Å². The summed E-state index contributed by atoms with van der Waals surface area (Å²) in [5.74, 6) is 1.00. The minimum absolute atomic E-state index is 0.0106. The Morgan fingerprint density at radius 3 is 2.21 bits per heavy atom. The van der Waals surface area contributed by atoms with Crippen molar-refractivity contribution in [3.8, 4) is 22.8 Å². The van der Waals surface area contributed by atoms with Gasteiger partial charge in [-0.05, 0) is 55.5 Å². The number of amides is 1. The Hall–Kier alpha value is -4.69. The highest BCUT2D eigenvalue weighted by Crippen LogP contribution is 2.31. The summed E-state index contributed by atoms with van der Waals surface area (Å²) in [5.41, 5.74) is 14.8. The zero-order chi connectivity index (χ0) is 29.2. The van der Waals surface area contributed by atoms with Crippen molar-refractivity contribution in [1.29, 1.82) is 5.41 Å². The van der Waals surface area contributed by atoms with Crippen LogP contribution in [0.3, 0.4) is 0 Å². The lowest BCUT2D eigenvalue weighted by molar-refractivity contribution is -0.116. The molecule has 1 aromatic heterocycles. The number of aliphatic hydroxyl groups excluding tert-OH is 1. The Balaban J connectivity index is 0.000000589. The standard InChI is InChI=1S/C23H22N4O.C6H11NO2.C2H6/c1-3-15(4-2)20-14-19(24)21(23(25)26)22(27-20)16-10-12-18(13-11-16)28-17-8-6-5-7-9-17;1-2-3-6(9)7-4-5-8;1-2/h3-15H,1-2H2,(H2,24,27)(H3,25,26);2-3,8H,4-5H2,1H3,(H,7,9);1-2H3/b;3-2+;. The predicted molar refractivity (Wildman–Crippen MR) is 161 cm³/mol. The Kier molecular flexibility index (Phi) is 14.7. The minimum atomic E-state index is -0.161. The average Bonchev–Trinajstić information content (AvgIpc) is 2.94. The SMILES string of the molecule is C/C=C/C(=O)NCCO.C=CC(C=C)c1cc(N)c(C(=N)N)c(-c2ccc(Oc3ccccc3)cc2)n1.CC. The molecule has 2 aromatic carbocycles. The lowest BCUT2D eigenvalue weighted by atomic mass is 9.98. The number of allylic oxidation sites excluding steroid dienone is 3. The van der Waals surface area contributed by atoms with Gasteiger partial charge in [-0.2, -0.15) is 0 Å². The fourth-order valence-electron chi connectivity index (χ4n) is 3.28. The number of carbonyl (C=O) groups is 1. The van der Waals surface area contributed by atoms with E-state index in [1.807, 2.05) is 68.4 Å². The molecule has 1 heterocycles. The van der Waals surface area contributed by atoms with Crippen LogP contribution in [0.2, 0.25) is 0 Å². The summed E-state index contributed by atoms with van der Waals surface area (Å²) in [4.78, 5) is 15.2. The Labute approximate surface area is 231 Å². The highest BCUT2D eigenvalue weighted by atomic mass is 16.5. The minimum Gasteiger partial charge on any atom is -0.457 e. The molecule has 7 N–H and O–H groups in total. The largest absolute Gasteiger partial charge is 0.457 e. The number of anilines is 1. The molecule has 206 valence electrons. The summed E-state index contributed by atoms with van der Waals surface area (Å²) in [6.45, 7) is 13.7. The van der Waals surface area contributed by atoms with Gasteiger partial charge in [-0.3, -0.25) is 15.2 Å². The van der Waals surface area contributed by atoms with E-state index in [4.69, 9.17) is 31.7 Å². The van der Waals surface area contributed by atoms with Gasteiger partial charge in [0.05, 0.1) is 23.6 Å². The van der Waals surface area contributed by atoms with Crippen molar-refractivity contribution in [3.63, 3.8) is 0 Å². The summed E-state index contributed by atoms with van der Waals surface area (Å²) in [6, 6.07) is 18.7. The fourth-order valence-corrected chi connectivity index (χ4v) is 3.28. The molecular weight excluding hydrogens is 490 g/mol. The van der Waals surface area contributed by atoms with E-state index in [0.29, 0.717) is 34.9 Å². The number of para-hydroxylation sites is 1. The van der Waals surface area contributed by atoms with Crippen molar-refractivity contribution >= 4 is 17.4 Å². The predicted octanol–water partition coefficient (Wildman–Crippen LogP) is 5.56. The second kappa shape index (κ2) is 17.7. The molecule has 39 heavy (non-hydrogen) atoms. The summed E-state index contributed by atoms with van der Waals surface area (Å²) in [5, 5.41) is 18.6. The van der Waals surface area contributed by atoms with E-state index in [1.54, 1.807) is 31.2 Å². The number of benzene rings is 2. The zero-order valence-corrected chi connectivity index (χ0v) is 22.9. The molecule has 0 unspecified atom stereocenters. The maximum Gasteiger partial charge on any atom is 0.243 e. The van der Waals surface area contributed by atoms with Gasteiger partial charge >= 0.3 is 0 Å². The Bertz CT molecular complexity index is 1230. The van der Waals surface area contributed by atoms with Gasteiger partial charge in [0.25, 0.3) is 0 Å². The van der Waals surface area contributed by atoms with E-state index in [0.717, 1.165) is 11.3 Å². The zero-order valence-electron chi connectivity index (χ0n) is 22.9. The van der Waals surface area contributed by atoms with Crippen LogP contribution in [-0.2, 0) is 4.79 Å². The number of carbonyl (C=O) groups excluding carboxylic acids is 1. The van der Waals surface area contributed by atoms with E-state index in [9.17, 15) is 4.79 Å². The highest BCUT2D eigenvalue weighted by Gasteiger charge is 2.17. The van der Waals surface area contributed by atoms with Crippen molar-refractivity contribution in [2.75, 3.05) is 18.9 Å². The van der Waals surface area contributed by atoms with Gasteiger partial charge in [-0.15, -0.1) is 13.2 Å². The number of hydrogen-bond donors (Lipinski definition) is 5. The van der Waals surface area contributed by atoms with E-state index in [1.165, 1.54) is 6.08 Å². The Morgan fingerprint density at radius 1 is 1.10 bits per heavy atom. The fraction of sp³-hybridized carbons (Fsp3) is 0.194. The number of nitrogens with one attached hydrogen (secondary N) is 2. The third-order valence-electron chi connectivity index (χ3n) is 5.02. The van der Waals surface area contributed by atoms with Gasteiger partial charge in [-0.1, -0.05) is 50.3 Å². The molecule has 0 aliphatic rings. The van der Waals surface area contributed by atoms with Gasteiger partial charge in [-0.25, -0.2) is 0 Å². The van der Waals surface area contributed by atoms with E-state index in [2.05, 4.69) is 18.5 Å². The highest BCUT2D eigenvalue weighted by molar-refractivity contribution is 6.05. The normalized spacial score (nSPS) is 9.97. The number of pyridine rings is 1. The van der Waals surface area contributed by atoms with Crippen molar-refractivity contribution in [2.24, 2.45) is 5.73 Å². The van der Waals surface area contributed by atoms with Crippen molar-refractivity contribution in [2.45, 2.75) is 26.7 Å². The van der Waals surface area contributed by atoms with Crippen LogP contribution in [0.1, 0.15) is 37.9 Å². The number of ether oxygens (including phenoxy) is 1. The number of aliphatic hydroxyl groups is 1. The first-order valence-corrected chi connectivity index (χ1v) is 12.6. The van der Waals surface area contributed by atoms with Crippen molar-refractivity contribution in [3.05, 3.63) is 109 Å². The number of nitrogens with two attached hydrogens (primary N) is 2. The van der Waals surface area contributed by atoms with Crippen LogP contribution in [-0.4, -0.2) is 35.0 Å². The van der Waals surface area contributed by atoms with Crippen LogP contribution in [0.15, 0.2) is 98.1 Å². The first kappa shape index (κ1) is 32.3. The number of rotatable bonds is 10. The molecule has 8 heteroatoms. The Morgan fingerprint density at radius 2 is 1.69 bits per heavy atom. The molecule has 0 radical (unpaired) electrons. The topological polar surface area (TPSA) is 147 Å². The smallest absolute Gasteiger partial charge is 0.243 e. The number of nitrogens with zero attached hydrogens (tertiary/aromatic N) is 1. The first-order valence-electron chi connectivity index (χ1n) is 12.6. The van der Waals surface area contributed by atoms with E-state index >= 15 is 0 Å². The maximum atomic E-state index is 10.5. The molecule has 0 aliphatic heterocycles. The summed E-state index contributed by atoms with van der Waals surface area (Å²) in [6.07, 6.45) is 6.54. The second-order valence-electron chi connectivity index (χ2n) is 7.72. The molecule has 3 rings (SSSR count). The molecule has 0 spiro atoms. The number of nitrogen functional groups attached to an aromatic ring is 2. The van der Waals surface area contributed by atoms with E-state index < -0.39 is 0 Å². The monoisotopic (exact) mass is 529 g/mol. The summed E-state index contributed by atoms with van der Waals surface area (Å²) in [7, 11) is 0. The molecule has 0 saturated heterocycles. The van der Waals surface area contributed by atoms with Crippen LogP contribution >= 0.6 is 0 Å². The maximum absolute atomic E-state index is 10.5. The van der Waals surface area contributed by atoms with Gasteiger partial charge in [0, 0.05) is 23.7 Å². The lowest BCUT2D eigenvalue weighted by Crippen LogP contribution is -2.24. The molecule has 0 fully saturated rings. The molecule has 0 saturated carbocycles.